The standard InChI is InChI=1S/C18H39N.C2H4O2/c1-3-5-7-9-11-12-14-16-18-19-17-15-13-10-8-6-4-2;1-2(3)4/h19H,3-18H2,1-2H3;1H3,(H,3,4). The van der Waals surface area contributed by atoms with Gasteiger partial charge in [-0.05, 0) is 32.6 Å². The molecule has 0 unspecified atom stereocenters. The van der Waals surface area contributed by atoms with Gasteiger partial charge in [0.15, 0.2) is 0 Å². The Hall–Kier alpha value is -0.570. The van der Waals surface area contributed by atoms with E-state index in [1.807, 2.05) is 0 Å². The van der Waals surface area contributed by atoms with E-state index in [0.29, 0.717) is 0 Å². The summed E-state index contributed by atoms with van der Waals surface area (Å²) in [5.74, 6) is -1.08. The fourth-order valence-electron chi connectivity index (χ4n) is 2.64. The topological polar surface area (TPSA) is 56.7 Å². The first-order valence-corrected chi connectivity index (χ1v) is 10.1. The third-order valence-corrected chi connectivity index (χ3v) is 4.02. The minimum Gasteiger partial charge on any atom is -0.550 e. The maximum atomic E-state index is 8.89. The minimum atomic E-state index is -1.08. The lowest BCUT2D eigenvalue weighted by Crippen LogP contribution is -2.84. The molecular weight excluding hydrogens is 286 g/mol. The summed E-state index contributed by atoms with van der Waals surface area (Å²) in [6.45, 7) is 8.28. The first kappa shape index (κ1) is 24.7. The number of carbonyl (C=O) groups is 1. The van der Waals surface area contributed by atoms with Crippen molar-refractivity contribution in [2.45, 2.75) is 111 Å². The van der Waals surface area contributed by atoms with Gasteiger partial charge in [0.1, 0.15) is 0 Å². The van der Waals surface area contributed by atoms with Crippen LogP contribution in [0.5, 0.6) is 0 Å². The molecule has 0 spiro atoms. The van der Waals surface area contributed by atoms with Gasteiger partial charge in [0, 0.05) is 5.97 Å². The average Bonchev–Trinajstić information content (AvgIpc) is 2.50. The molecule has 0 aliphatic heterocycles. The smallest absolute Gasteiger partial charge is 0.0755 e. The normalized spacial score (nSPS) is 10.2. The maximum absolute atomic E-state index is 8.89. The second kappa shape index (κ2) is 23.7. The Balaban J connectivity index is 0. The van der Waals surface area contributed by atoms with Crippen molar-refractivity contribution in [2.24, 2.45) is 0 Å². The van der Waals surface area contributed by atoms with Gasteiger partial charge in [0.05, 0.1) is 13.1 Å². The van der Waals surface area contributed by atoms with Crippen molar-refractivity contribution in [1.29, 1.82) is 0 Å². The highest BCUT2D eigenvalue weighted by atomic mass is 16.4. The molecule has 0 aromatic heterocycles. The number of hydrogen-bond donors (Lipinski definition) is 1. The van der Waals surface area contributed by atoms with Gasteiger partial charge in [-0.25, -0.2) is 0 Å². The van der Waals surface area contributed by atoms with E-state index in [-0.39, 0.29) is 0 Å². The molecule has 0 aromatic carbocycles. The molecule has 0 rings (SSSR count). The second-order valence-electron chi connectivity index (χ2n) is 6.60. The molecule has 140 valence electrons. The lowest BCUT2D eigenvalue weighted by Gasteiger charge is -2.03. The predicted molar refractivity (Wildman–Crippen MR) is 98.3 cm³/mol. The van der Waals surface area contributed by atoms with Crippen LogP contribution in [0, 0.1) is 0 Å². The van der Waals surface area contributed by atoms with E-state index >= 15 is 0 Å². The maximum Gasteiger partial charge on any atom is 0.0755 e. The predicted octanol–water partition coefficient (Wildman–Crippen LogP) is 3.81. The van der Waals surface area contributed by atoms with Crippen molar-refractivity contribution in [1.82, 2.24) is 0 Å². The number of aliphatic carboxylic acids is 1. The average molecular weight is 330 g/mol. The molecule has 0 radical (unpaired) electrons. The Kier molecular flexibility index (Phi) is 25.4. The van der Waals surface area contributed by atoms with Crippen LogP contribution in [0.25, 0.3) is 0 Å². The highest BCUT2D eigenvalue weighted by Crippen LogP contribution is 2.07. The molecule has 0 bridgehead atoms. The molecule has 3 heteroatoms. The molecule has 0 atom stereocenters. The van der Waals surface area contributed by atoms with Gasteiger partial charge >= 0.3 is 0 Å². The molecule has 0 saturated carbocycles. The van der Waals surface area contributed by atoms with E-state index in [9.17, 15) is 0 Å². The van der Waals surface area contributed by atoms with E-state index in [0.717, 1.165) is 6.92 Å². The third kappa shape index (κ3) is 34.0. The van der Waals surface area contributed by atoms with Crippen LogP contribution in [0.2, 0.25) is 0 Å². The SMILES string of the molecule is CC(=O)[O-].CCCCCCCCCC[NH2+]CCCCCCCC. The highest BCUT2D eigenvalue weighted by molar-refractivity contribution is 5.60. The van der Waals surface area contributed by atoms with Gasteiger partial charge in [-0.15, -0.1) is 0 Å². The van der Waals surface area contributed by atoms with Crippen LogP contribution >= 0.6 is 0 Å². The number of quaternary nitrogens is 1. The lowest BCUT2D eigenvalue weighted by molar-refractivity contribution is -0.655. The molecule has 0 saturated heterocycles. The van der Waals surface area contributed by atoms with Crippen LogP contribution in [0.3, 0.4) is 0 Å². The summed E-state index contributed by atoms with van der Waals surface area (Å²) < 4.78 is 0. The first-order valence-electron chi connectivity index (χ1n) is 10.1. The number of carboxylic acids is 1. The summed E-state index contributed by atoms with van der Waals surface area (Å²) in [6.07, 6.45) is 20.2. The van der Waals surface area contributed by atoms with Crippen molar-refractivity contribution >= 4 is 5.97 Å². The quantitative estimate of drug-likeness (QED) is 0.438. The van der Waals surface area contributed by atoms with Gasteiger partial charge < -0.3 is 15.2 Å². The summed E-state index contributed by atoms with van der Waals surface area (Å²) in [4.78, 5) is 8.89. The fraction of sp³-hybridized carbons (Fsp3) is 0.950. The molecule has 0 heterocycles. The van der Waals surface area contributed by atoms with Gasteiger partial charge in [-0.1, -0.05) is 78.1 Å². The lowest BCUT2D eigenvalue weighted by atomic mass is 10.1. The van der Waals surface area contributed by atoms with Gasteiger partial charge in [-0.2, -0.15) is 0 Å². The van der Waals surface area contributed by atoms with E-state index in [1.165, 1.54) is 103 Å². The Morgan fingerprint density at radius 1 is 0.652 bits per heavy atom. The molecule has 0 aliphatic rings. The summed E-state index contributed by atoms with van der Waals surface area (Å²) in [7, 11) is 0. The highest BCUT2D eigenvalue weighted by Gasteiger charge is 1.95. The Morgan fingerprint density at radius 2 is 0.913 bits per heavy atom. The molecule has 3 nitrogen and oxygen atoms in total. The zero-order chi connectivity index (χ0) is 17.6. The Morgan fingerprint density at radius 3 is 1.22 bits per heavy atom. The van der Waals surface area contributed by atoms with E-state index < -0.39 is 5.97 Å². The van der Waals surface area contributed by atoms with Gasteiger partial charge in [0.2, 0.25) is 0 Å². The molecule has 0 fully saturated rings. The van der Waals surface area contributed by atoms with E-state index in [1.54, 1.807) is 0 Å². The molecule has 23 heavy (non-hydrogen) atoms. The molecule has 0 aromatic rings. The Labute approximate surface area is 145 Å². The van der Waals surface area contributed by atoms with Crippen LogP contribution in [-0.4, -0.2) is 19.1 Å². The number of unbranched alkanes of at least 4 members (excludes halogenated alkanes) is 12. The van der Waals surface area contributed by atoms with Crippen molar-refractivity contribution in [3.63, 3.8) is 0 Å². The van der Waals surface area contributed by atoms with Crippen LogP contribution in [-0.2, 0) is 4.79 Å². The van der Waals surface area contributed by atoms with E-state index in [4.69, 9.17) is 9.90 Å². The zero-order valence-corrected chi connectivity index (χ0v) is 16.2. The second-order valence-corrected chi connectivity index (χ2v) is 6.60. The number of carboxylic acid groups (broad SMARTS) is 1. The van der Waals surface area contributed by atoms with Crippen LogP contribution in [0.1, 0.15) is 111 Å². The van der Waals surface area contributed by atoms with Crippen LogP contribution < -0.4 is 10.4 Å². The number of nitrogens with two attached hydrogens (primary N) is 1. The molecule has 2 N–H and O–H groups in total. The molecule has 0 aliphatic carbocycles. The summed E-state index contributed by atoms with van der Waals surface area (Å²) in [5.41, 5.74) is 0. The van der Waals surface area contributed by atoms with Crippen molar-refractivity contribution < 1.29 is 15.2 Å². The molecule has 0 amide bonds. The van der Waals surface area contributed by atoms with Gasteiger partial charge in [-0.3, -0.25) is 0 Å². The number of carbonyl (C=O) groups excluding carboxylic acids is 1. The summed E-state index contributed by atoms with van der Waals surface area (Å²) in [5, 5.41) is 11.4. The molecular formula is C20H43NO2. The van der Waals surface area contributed by atoms with Crippen molar-refractivity contribution in [3.8, 4) is 0 Å². The van der Waals surface area contributed by atoms with Gasteiger partial charge in [0.25, 0.3) is 0 Å². The summed E-state index contributed by atoms with van der Waals surface area (Å²) >= 11 is 0. The zero-order valence-electron chi connectivity index (χ0n) is 16.2. The van der Waals surface area contributed by atoms with Crippen LogP contribution in [0.15, 0.2) is 0 Å². The van der Waals surface area contributed by atoms with Crippen LogP contribution in [0.4, 0.5) is 0 Å². The Bertz CT molecular complexity index is 200. The largest absolute Gasteiger partial charge is 0.550 e. The van der Waals surface area contributed by atoms with Crippen molar-refractivity contribution in [2.75, 3.05) is 13.1 Å². The van der Waals surface area contributed by atoms with Crippen molar-refractivity contribution in [3.05, 3.63) is 0 Å². The van der Waals surface area contributed by atoms with E-state index in [2.05, 4.69) is 19.2 Å². The minimum absolute atomic E-state index is 0.972. The third-order valence-electron chi connectivity index (χ3n) is 4.02. The number of hydrogen-bond acceptors (Lipinski definition) is 2. The number of rotatable bonds is 16. The summed E-state index contributed by atoms with van der Waals surface area (Å²) in [6, 6.07) is 0. The monoisotopic (exact) mass is 329 g/mol. The fourth-order valence-corrected chi connectivity index (χ4v) is 2.64. The first-order chi connectivity index (χ1) is 11.1.